The molecule has 1 atom stereocenters. The van der Waals surface area contributed by atoms with E-state index in [-0.39, 0.29) is 5.60 Å². The lowest BCUT2D eigenvalue weighted by Gasteiger charge is -2.50. The van der Waals surface area contributed by atoms with E-state index in [4.69, 9.17) is 4.74 Å². The highest BCUT2D eigenvalue weighted by Crippen LogP contribution is 2.38. The third-order valence-corrected chi connectivity index (χ3v) is 5.06. The number of likely N-dealkylation sites (tertiary alicyclic amines) is 1. The third kappa shape index (κ3) is 3.06. The fourth-order valence-corrected chi connectivity index (χ4v) is 3.22. The number of morpholine rings is 1. The average Bonchev–Trinajstić information content (AvgIpc) is 2.36. The van der Waals surface area contributed by atoms with Gasteiger partial charge in [0, 0.05) is 25.7 Å². The molecule has 1 N–H and O–H groups in total. The van der Waals surface area contributed by atoms with Crippen molar-refractivity contribution >= 4 is 0 Å². The van der Waals surface area contributed by atoms with Crippen molar-refractivity contribution in [2.45, 2.75) is 58.1 Å². The first-order valence-electron chi connectivity index (χ1n) is 7.53. The number of hydrogen-bond acceptors (Lipinski definition) is 3. The van der Waals surface area contributed by atoms with E-state index in [0.717, 1.165) is 13.2 Å². The van der Waals surface area contributed by atoms with E-state index in [0.29, 0.717) is 11.5 Å². The average molecular weight is 254 g/mol. The van der Waals surface area contributed by atoms with Crippen LogP contribution < -0.4 is 5.32 Å². The molecule has 2 rings (SSSR count). The number of ether oxygens (including phenoxy) is 1. The highest BCUT2D eigenvalue weighted by Gasteiger charge is 2.45. The number of piperidine rings is 1. The van der Waals surface area contributed by atoms with Crippen LogP contribution in [0.2, 0.25) is 0 Å². The Morgan fingerprint density at radius 2 is 2.00 bits per heavy atom. The maximum Gasteiger partial charge on any atom is 0.0859 e. The molecule has 106 valence electrons. The Balaban J connectivity index is 2.06. The highest BCUT2D eigenvalue weighted by molar-refractivity contribution is 5.00. The summed E-state index contributed by atoms with van der Waals surface area (Å²) in [5, 5.41) is 3.74. The smallest absolute Gasteiger partial charge is 0.0859 e. The maximum absolute atomic E-state index is 6.27. The summed E-state index contributed by atoms with van der Waals surface area (Å²) in [7, 11) is 2.22. The van der Waals surface area contributed by atoms with Gasteiger partial charge in [0.05, 0.1) is 12.2 Å². The second-order valence-electron chi connectivity index (χ2n) is 6.95. The molecule has 1 unspecified atom stereocenters. The number of hydrogen-bond donors (Lipinski definition) is 1. The Labute approximate surface area is 112 Å². The van der Waals surface area contributed by atoms with Crippen molar-refractivity contribution in [2.75, 3.05) is 33.3 Å². The topological polar surface area (TPSA) is 24.5 Å². The third-order valence-electron chi connectivity index (χ3n) is 5.06. The first-order valence-corrected chi connectivity index (χ1v) is 7.53. The van der Waals surface area contributed by atoms with Crippen LogP contribution >= 0.6 is 0 Å². The van der Waals surface area contributed by atoms with Crippen LogP contribution in [0, 0.1) is 5.41 Å². The Hall–Kier alpha value is -0.120. The largest absolute Gasteiger partial charge is 0.372 e. The first-order chi connectivity index (χ1) is 8.47. The Bertz CT molecular complexity index is 270. The first kappa shape index (κ1) is 14.3. The molecule has 2 saturated heterocycles. The summed E-state index contributed by atoms with van der Waals surface area (Å²) in [5.74, 6) is 0. The van der Waals surface area contributed by atoms with Gasteiger partial charge >= 0.3 is 0 Å². The van der Waals surface area contributed by atoms with Crippen LogP contribution in [0.25, 0.3) is 0 Å². The molecule has 0 aromatic heterocycles. The van der Waals surface area contributed by atoms with Crippen molar-refractivity contribution < 1.29 is 4.74 Å². The SMILES string of the molecule is CCC(C)(C)CC1NCCOC12CCN(C)CC2. The van der Waals surface area contributed by atoms with Gasteiger partial charge in [-0.1, -0.05) is 27.2 Å². The van der Waals surface area contributed by atoms with E-state index in [9.17, 15) is 0 Å². The van der Waals surface area contributed by atoms with Gasteiger partial charge < -0.3 is 15.0 Å². The number of nitrogens with one attached hydrogen (secondary N) is 1. The van der Waals surface area contributed by atoms with Gasteiger partial charge in [-0.25, -0.2) is 0 Å². The summed E-state index contributed by atoms with van der Waals surface area (Å²) in [6, 6.07) is 0.537. The summed E-state index contributed by atoms with van der Waals surface area (Å²) < 4.78 is 6.27. The second kappa shape index (κ2) is 5.48. The molecule has 3 nitrogen and oxygen atoms in total. The van der Waals surface area contributed by atoms with Crippen LogP contribution in [0.4, 0.5) is 0 Å². The zero-order chi connectivity index (χ0) is 13.2. The number of nitrogens with zero attached hydrogens (tertiary/aromatic N) is 1. The predicted molar refractivity (Wildman–Crippen MR) is 75.9 cm³/mol. The molecular weight excluding hydrogens is 224 g/mol. The Morgan fingerprint density at radius 1 is 1.33 bits per heavy atom. The lowest BCUT2D eigenvalue weighted by molar-refractivity contribution is -0.132. The van der Waals surface area contributed by atoms with Gasteiger partial charge in [0.2, 0.25) is 0 Å². The molecule has 0 amide bonds. The predicted octanol–water partition coefficient (Wildman–Crippen LogP) is 2.27. The minimum atomic E-state index is 0.108. The second-order valence-corrected chi connectivity index (χ2v) is 6.95. The molecule has 0 saturated carbocycles. The minimum absolute atomic E-state index is 0.108. The molecule has 18 heavy (non-hydrogen) atoms. The molecule has 2 aliphatic heterocycles. The van der Waals surface area contributed by atoms with E-state index in [1.54, 1.807) is 0 Å². The lowest BCUT2D eigenvalue weighted by atomic mass is 9.74. The standard InChI is InChI=1S/C15H30N2O/c1-5-14(2,3)12-13-15(18-11-8-16-13)6-9-17(4)10-7-15/h13,16H,5-12H2,1-4H3. The lowest BCUT2D eigenvalue weighted by Crippen LogP contribution is -2.62. The Morgan fingerprint density at radius 3 is 2.61 bits per heavy atom. The van der Waals surface area contributed by atoms with E-state index in [1.165, 1.54) is 38.8 Å². The van der Waals surface area contributed by atoms with Gasteiger partial charge in [0.25, 0.3) is 0 Å². The van der Waals surface area contributed by atoms with Gasteiger partial charge in [-0.05, 0) is 31.7 Å². The van der Waals surface area contributed by atoms with E-state index < -0.39 is 0 Å². The van der Waals surface area contributed by atoms with E-state index >= 15 is 0 Å². The van der Waals surface area contributed by atoms with Crippen LogP contribution in [0.15, 0.2) is 0 Å². The zero-order valence-corrected chi connectivity index (χ0v) is 12.6. The molecule has 0 bridgehead atoms. The summed E-state index contributed by atoms with van der Waals surface area (Å²) in [4.78, 5) is 2.42. The van der Waals surface area contributed by atoms with Gasteiger partial charge in [-0.3, -0.25) is 0 Å². The molecular formula is C15H30N2O. The minimum Gasteiger partial charge on any atom is -0.372 e. The molecule has 0 aromatic carbocycles. The van der Waals surface area contributed by atoms with Crippen LogP contribution in [0.5, 0.6) is 0 Å². The molecule has 0 aromatic rings. The van der Waals surface area contributed by atoms with Crippen LogP contribution in [-0.2, 0) is 4.74 Å². The van der Waals surface area contributed by atoms with Crippen molar-refractivity contribution in [1.82, 2.24) is 10.2 Å². The highest BCUT2D eigenvalue weighted by atomic mass is 16.5. The van der Waals surface area contributed by atoms with Crippen LogP contribution in [0.1, 0.15) is 46.5 Å². The molecule has 0 radical (unpaired) electrons. The summed E-state index contributed by atoms with van der Waals surface area (Å²) in [5.41, 5.74) is 0.520. The van der Waals surface area contributed by atoms with Crippen molar-refractivity contribution in [2.24, 2.45) is 5.41 Å². The van der Waals surface area contributed by atoms with E-state index in [1.807, 2.05) is 0 Å². The fraction of sp³-hybridized carbons (Fsp3) is 1.00. The monoisotopic (exact) mass is 254 g/mol. The Kier molecular flexibility index (Phi) is 4.35. The molecule has 0 aliphatic carbocycles. The zero-order valence-electron chi connectivity index (χ0n) is 12.6. The van der Waals surface area contributed by atoms with Gasteiger partial charge in [-0.15, -0.1) is 0 Å². The van der Waals surface area contributed by atoms with Crippen LogP contribution in [-0.4, -0.2) is 49.8 Å². The molecule has 3 heteroatoms. The molecule has 2 aliphatic rings. The summed E-state index contributed by atoms with van der Waals surface area (Å²) in [6.45, 7) is 11.3. The van der Waals surface area contributed by atoms with Gasteiger partial charge in [-0.2, -0.15) is 0 Å². The molecule has 2 fully saturated rings. The van der Waals surface area contributed by atoms with Crippen molar-refractivity contribution in [3.63, 3.8) is 0 Å². The molecule has 2 heterocycles. The normalized spacial score (nSPS) is 29.7. The van der Waals surface area contributed by atoms with Crippen molar-refractivity contribution in [3.8, 4) is 0 Å². The summed E-state index contributed by atoms with van der Waals surface area (Å²) in [6.07, 6.45) is 4.83. The van der Waals surface area contributed by atoms with Crippen molar-refractivity contribution in [3.05, 3.63) is 0 Å². The molecule has 1 spiro atoms. The summed E-state index contributed by atoms with van der Waals surface area (Å²) >= 11 is 0. The number of rotatable bonds is 3. The van der Waals surface area contributed by atoms with Crippen LogP contribution in [0.3, 0.4) is 0 Å². The van der Waals surface area contributed by atoms with Gasteiger partial charge in [0.15, 0.2) is 0 Å². The maximum atomic E-state index is 6.27. The van der Waals surface area contributed by atoms with Crippen molar-refractivity contribution in [1.29, 1.82) is 0 Å². The van der Waals surface area contributed by atoms with Gasteiger partial charge in [0.1, 0.15) is 0 Å². The fourth-order valence-electron chi connectivity index (χ4n) is 3.22. The van der Waals surface area contributed by atoms with E-state index in [2.05, 4.69) is 38.0 Å². The quantitative estimate of drug-likeness (QED) is 0.836.